The Kier molecular flexibility index (Phi) is 4.70. The summed E-state index contributed by atoms with van der Waals surface area (Å²) in [4.78, 5) is 14.2. The van der Waals surface area contributed by atoms with Crippen molar-refractivity contribution in [1.29, 1.82) is 0 Å². The Bertz CT molecular complexity index is 1380. The molecule has 0 aliphatic heterocycles. The molecule has 0 aliphatic rings. The molecule has 11 heteroatoms. The average molecular weight is 437 g/mol. The maximum absolute atomic E-state index is 12.9. The zero-order valence-corrected chi connectivity index (χ0v) is 16.2. The van der Waals surface area contributed by atoms with Gasteiger partial charge in [-0.3, -0.25) is 0 Å². The SMILES string of the molecule is FC(F)(F)c1cccc(Nc2nnc(-c3ccc(Oc4ncnc5[nH]ccc45)cc3)[nH]2)c1. The third kappa shape index (κ3) is 3.95. The number of nitrogens with zero attached hydrogens (tertiary/aromatic N) is 4. The molecule has 8 nitrogen and oxygen atoms in total. The van der Waals surface area contributed by atoms with Crippen molar-refractivity contribution < 1.29 is 17.9 Å². The number of nitrogens with one attached hydrogen (secondary N) is 3. The fourth-order valence-corrected chi connectivity index (χ4v) is 3.08. The maximum Gasteiger partial charge on any atom is 0.416 e. The second-order valence-electron chi connectivity index (χ2n) is 6.77. The molecule has 0 atom stereocenters. The van der Waals surface area contributed by atoms with Gasteiger partial charge in [0.15, 0.2) is 5.82 Å². The van der Waals surface area contributed by atoms with E-state index in [0.717, 1.165) is 23.1 Å². The number of benzene rings is 2. The van der Waals surface area contributed by atoms with Crippen molar-refractivity contribution in [2.45, 2.75) is 6.18 Å². The largest absolute Gasteiger partial charge is 0.438 e. The van der Waals surface area contributed by atoms with Crippen LogP contribution in [0.4, 0.5) is 24.8 Å². The molecular weight excluding hydrogens is 423 g/mol. The van der Waals surface area contributed by atoms with Crippen LogP contribution in [-0.2, 0) is 6.18 Å². The van der Waals surface area contributed by atoms with E-state index in [-0.39, 0.29) is 11.6 Å². The number of hydrogen-bond donors (Lipinski definition) is 3. The molecule has 3 heterocycles. The van der Waals surface area contributed by atoms with Gasteiger partial charge >= 0.3 is 6.18 Å². The first-order valence-electron chi connectivity index (χ1n) is 9.39. The molecule has 0 amide bonds. The predicted octanol–water partition coefficient (Wildman–Crippen LogP) is 5.30. The molecule has 160 valence electrons. The lowest BCUT2D eigenvalue weighted by molar-refractivity contribution is -0.137. The van der Waals surface area contributed by atoms with Crippen LogP contribution >= 0.6 is 0 Å². The highest BCUT2D eigenvalue weighted by Gasteiger charge is 2.30. The van der Waals surface area contributed by atoms with Gasteiger partial charge in [-0.2, -0.15) is 13.2 Å². The number of rotatable bonds is 5. The average Bonchev–Trinajstić information content (AvgIpc) is 3.44. The lowest BCUT2D eigenvalue weighted by atomic mass is 10.2. The van der Waals surface area contributed by atoms with Crippen molar-refractivity contribution in [3.8, 4) is 23.0 Å². The molecule has 0 spiro atoms. The first-order chi connectivity index (χ1) is 15.5. The summed E-state index contributed by atoms with van der Waals surface area (Å²) in [5.74, 6) is 1.66. The molecule has 3 N–H and O–H groups in total. The molecule has 0 aliphatic carbocycles. The molecule has 5 rings (SSSR count). The van der Waals surface area contributed by atoms with E-state index < -0.39 is 11.7 Å². The highest BCUT2D eigenvalue weighted by atomic mass is 19.4. The maximum atomic E-state index is 12.9. The summed E-state index contributed by atoms with van der Waals surface area (Å²) >= 11 is 0. The highest BCUT2D eigenvalue weighted by molar-refractivity contribution is 5.80. The Morgan fingerprint density at radius 1 is 0.938 bits per heavy atom. The number of fused-ring (bicyclic) bond motifs is 1. The third-order valence-corrected chi connectivity index (χ3v) is 4.60. The van der Waals surface area contributed by atoms with Crippen molar-refractivity contribution in [3.05, 3.63) is 72.7 Å². The topological polar surface area (TPSA) is 104 Å². The van der Waals surface area contributed by atoms with Crippen molar-refractivity contribution in [2.75, 3.05) is 5.32 Å². The minimum Gasteiger partial charge on any atom is -0.438 e. The van der Waals surface area contributed by atoms with Gasteiger partial charge in [0.1, 0.15) is 17.7 Å². The standard InChI is InChI=1S/C21H14F3N7O/c22-21(23,24)13-2-1-3-14(10-13)28-20-29-17(30-31-20)12-4-6-15(7-5-12)32-19-16-8-9-25-18(16)26-11-27-19/h1-11H,(H,25,26,27)(H2,28,29,30,31). The van der Waals surface area contributed by atoms with E-state index >= 15 is 0 Å². The summed E-state index contributed by atoms with van der Waals surface area (Å²) in [6.07, 6.45) is -1.26. The fourth-order valence-electron chi connectivity index (χ4n) is 3.08. The zero-order chi connectivity index (χ0) is 22.1. The monoisotopic (exact) mass is 437 g/mol. The number of anilines is 2. The van der Waals surface area contributed by atoms with E-state index in [1.165, 1.54) is 18.5 Å². The van der Waals surface area contributed by atoms with E-state index in [0.29, 0.717) is 23.1 Å². The van der Waals surface area contributed by atoms with Gasteiger partial charge < -0.3 is 20.0 Å². The van der Waals surface area contributed by atoms with E-state index in [1.54, 1.807) is 30.5 Å². The minimum absolute atomic E-state index is 0.218. The minimum atomic E-state index is -4.42. The normalized spacial score (nSPS) is 11.6. The van der Waals surface area contributed by atoms with Crippen molar-refractivity contribution in [3.63, 3.8) is 0 Å². The Balaban J connectivity index is 1.31. The van der Waals surface area contributed by atoms with Gasteiger partial charge in [-0.25, -0.2) is 9.97 Å². The van der Waals surface area contributed by atoms with Gasteiger partial charge in [-0.05, 0) is 48.5 Å². The molecule has 0 unspecified atom stereocenters. The van der Waals surface area contributed by atoms with Gasteiger partial charge in [-0.1, -0.05) is 6.07 Å². The zero-order valence-electron chi connectivity index (χ0n) is 16.2. The van der Waals surface area contributed by atoms with Crippen molar-refractivity contribution in [1.82, 2.24) is 30.1 Å². The number of hydrogen-bond acceptors (Lipinski definition) is 6. The Labute approximate surface area is 178 Å². The molecule has 2 aromatic carbocycles. The fraction of sp³-hybridized carbons (Fsp3) is 0.0476. The smallest absolute Gasteiger partial charge is 0.416 e. The number of aromatic amines is 2. The number of alkyl halides is 3. The Morgan fingerprint density at radius 3 is 2.59 bits per heavy atom. The van der Waals surface area contributed by atoms with Crippen LogP contribution in [0.2, 0.25) is 0 Å². The van der Waals surface area contributed by atoms with Gasteiger partial charge in [0, 0.05) is 17.4 Å². The summed E-state index contributed by atoms with van der Waals surface area (Å²) in [6, 6.07) is 13.7. The van der Waals surface area contributed by atoms with Crippen molar-refractivity contribution in [2.24, 2.45) is 0 Å². The first-order valence-corrected chi connectivity index (χ1v) is 9.39. The van der Waals surface area contributed by atoms with Crippen LogP contribution in [0, 0.1) is 0 Å². The number of aromatic nitrogens is 6. The van der Waals surface area contributed by atoms with Crippen LogP contribution in [0.5, 0.6) is 11.6 Å². The number of halogens is 3. The molecule has 0 saturated heterocycles. The Morgan fingerprint density at radius 2 is 1.78 bits per heavy atom. The molecule has 0 radical (unpaired) electrons. The van der Waals surface area contributed by atoms with Gasteiger partial charge in [0.2, 0.25) is 11.8 Å². The molecule has 3 aromatic heterocycles. The lowest BCUT2D eigenvalue weighted by Gasteiger charge is -2.08. The summed E-state index contributed by atoms with van der Waals surface area (Å²) in [5.41, 5.74) is 0.885. The quantitative estimate of drug-likeness (QED) is 0.345. The summed E-state index contributed by atoms with van der Waals surface area (Å²) < 4.78 is 44.5. The van der Waals surface area contributed by atoms with Crippen LogP contribution in [0.1, 0.15) is 5.56 Å². The van der Waals surface area contributed by atoms with Crippen LogP contribution in [0.3, 0.4) is 0 Å². The second-order valence-corrected chi connectivity index (χ2v) is 6.77. The summed E-state index contributed by atoms with van der Waals surface area (Å²) in [5, 5.41) is 11.5. The lowest BCUT2D eigenvalue weighted by Crippen LogP contribution is -2.05. The predicted molar refractivity (Wildman–Crippen MR) is 111 cm³/mol. The number of H-pyrrole nitrogens is 2. The van der Waals surface area contributed by atoms with Crippen LogP contribution in [-0.4, -0.2) is 30.1 Å². The van der Waals surface area contributed by atoms with E-state index in [4.69, 9.17) is 4.74 Å². The molecule has 32 heavy (non-hydrogen) atoms. The van der Waals surface area contributed by atoms with Crippen LogP contribution < -0.4 is 10.1 Å². The van der Waals surface area contributed by atoms with E-state index in [2.05, 4.69) is 35.5 Å². The third-order valence-electron chi connectivity index (χ3n) is 4.60. The van der Waals surface area contributed by atoms with E-state index in [1.807, 2.05) is 6.07 Å². The van der Waals surface area contributed by atoms with Crippen molar-refractivity contribution >= 4 is 22.7 Å². The molecule has 0 bridgehead atoms. The van der Waals surface area contributed by atoms with Gasteiger partial charge in [0.05, 0.1) is 10.9 Å². The molecule has 0 fully saturated rings. The van der Waals surface area contributed by atoms with Gasteiger partial charge in [-0.15, -0.1) is 10.2 Å². The van der Waals surface area contributed by atoms with Gasteiger partial charge in [0.25, 0.3) is 0 Å². The van der Waals surface area contributed by atoms with E-state index in [9.17, 15) is 13.2 Å². The molecular formula is C21H14F3N7O. The highest BCUT2D eigenvalue weighted by Crippen LogP contribution is 2.31. The molecule has 0 saturated carbocycles. The Hall–Kier alpha value is -4.41. The van der Waals surface area contributed by atoms with Crippen LogP contribution in [0.15, 0.2) is 67.1 Å². The second kappa shape index (κ2) is 7.69. The molecule has 5 aromatic rings. The summed E-state index contributed by atoms with van der Waals surface area (Å²) in [7, 11) is 0. The summed E-state index contributed by atoms with van der Waals surface area (Å²) in [6.45, 7) is 0. The van der Waals surface area contributed by atoms with Crippen LogP contribution in [0.25, 0.3) is 22.4 Å². The first kappa shape index (κ1) is 19.5. The number of ether oxygens (including phenoxy) is 1.